The van der Waals surface area contributed by atoms with Crippen molar-refractivity contribution < 1.29 is 14.1 Å². The quantitative estimate of drug-likeness (QED) is 0.499. The van der Waals surface area contributed by atoms with E-state index in [0.29, 0.717) is 11.3 Å². The molecule has 2 aromatic rings. The molecule has 2 rings (SSSR count). The number of nitro groups is 1. The Kier molecular flexibility index (Phi) is 4.94. The Morgan fingerprint density at radius 1 is 1.68 bits per heavy atom. The first kappa shape index (κ1) is 15.8. The number of amides is 1. The van der Waals surface area contributed by atoms with Gasteiger partial charge in [-0.1, -0.05) is 6.92 Å². The molecule has 116 valence electrons. The van der Waals surface area contributed by atoms with Crippen LogP contribution in [-0.2, 0) is 4.79 Å². The van der Waals surface area contributed by atoms with E-state index in [1.165, 1.54) is 29.2 Å². The van der Waals surface area contributed by atoms with Crippen molar-refractivity contribution in [3.63, 3.8) is 0 Å². The average Bonchev–Trinajstić information content (AvgIpc) is 3.09. The van der Waals surface area contributed by atoms with Gasteiger partial charge in [-0.2, -0.15) is 14.6 Å². The van der Waals surface area contributed by atoms with Crippen molar-refractivity contribution in [1.82, 2.24) is 15.2 Å². The molecule has 8 nitrogen and oxygen atoms in total. The first-order valence-corrected chi connectivity index (χ1v) is 7.09. The van der Waals surface area contributed by atoms with E-state index < -0.39 is 16.9 Å². The van der Waals surface area contributed by atoms with Crippen molar-refractivity contribution >= 4 is 29.1 Å². The number of hydrogen-bond donors (Lipinski definition) is 1. The summed E-state index contributed by atoms with van der Waals surface area (Å²) in [5.74, 6) is -0.464. The summed E-state index contributed by atoms with van der Waals surface area (Å²) in [6.07, 6.45) is 3.97. The third-order valence-electron chi connectivity index (χ3n) is 2.77. The number of halogens is 1. The molecule has 10 heteroatoms. The van der Waals surface area contributed by atoms with Crippen LogP contribution in [0.25, 0.3) is 0 Å². The van der Waals surface area contributed by atoms with Crippen LogP contribution in [0.3, 0.4) is 0 Å². The van der Waals surface area contributed by atoms with E-state index in [0.717, 1.165) is 17.5 Å². The van der Waals surface area contributed by atoms with Crippen molar-refractivity contribution in [3.05, 3.63) is 44.6 Å². The molecular formula is C12H12FN5O3S. The number of hydrazone groups is 1. The highest BCUT2D eigenvalue weighted by molar-refractivity contribution is 7.12. The van der Waals surface area contributed by atoms with Gasteiger partial charge >= 0.3 is 5.69 Å². The number of carbonyl (C=O) groups excluding carboxylic acids is 1. The van der Waals surface area contributed by atoms with E-state index in [1.807, 2.05) is 0 Å². The topological polar surface area (TPSA) is 102 Å². The highest BCUT2D eigenvalue weighted by Gasteiger charge is 2.21. The molecule has 0 aliphatic heterocycles. The molecule has 1 amide bonds. The molecule has 0 aliphatic rings. The Labute approximate surface area is 128 Å². The minimum absolute atomic E-state index is 0.191. The zero-order valence-electron chi connectivity index (χ0n) is 11.5. The monoisotopic (exact) mass is 325 g/mol. The van der Waals surface area contributed by atoms with Gasteiger partial charge in [-0.15, -0.1) is 11.3 Å². The van der Waals surface area contributed by atoms with Crippen LogP contribution in [0.2, 0.25) is 0 Å². The smallest absolute Gasteiger partial charge is 0.271 e. The lowest BCUT2D eigenvalue weighted by Crippen LogP contribution is -2.29. The van der Waals surface area contributed by atoms with Crippen molar-refractivity contribution in [2.45, 2.75) is 19.4 Å². The number of nitrogens with one attached hydrogen (secondary N) is 1. The number of aromatic nitrogens is 2. The maximum absolute atomic E-state index is 12.8. The van der Waals surface area contributed by atoms with E-state index >= 15 is 0 Å². The molecule has 1 N–H and O–H groups in total. The predicted octanol–water partition coefficient (Wildman–Crippen LogP) is 2.09. The molecule has 0 bridgehead atoms. The summed E-state index contributed by atoms with van der Waals surface area (Å²) >= 11 is 0.897. The Balaban J connectivity index is 2.02. The van der Waals surface area contributed by atoms with E-state index in [1.54, 1.807) is 6.92 Å². The molecule has 0 radical (unpaired) electrons. The summed E-state index contributed by atoms with van der Waals surface area (Å²) in [6.45, 7) is 1.75. The van der Waals surface area contributed by atoms with Gasteiger partial charge in [0.2, 0.25) is 0 Å². The standard InChI is InChI=1S/C12H12FN5O3S/c1-2-10(17-7-8(5-15-17)18(20)21)12(19)16-14-6-9-3-4-11(13)22-9/h3-7,10H,2H2,1H3,(H,16,19)/b14-6+. The molecule has 0 aromatic carbocycles. The minimum Gasteiger partial charge on any atom is -0.271 e. The lowest BCUT2D eigenvalue weighted by Gasteiger charge is -2.12. The Morgan fingerprint density at radius 3 is 3.00 bits per heavy atom. The molecule has 2 heterocycles. The molecule has 2 aromatic heterocycles. The number of carbonyl (C=O) groups is 1. The van der Waals surface area contributed by atoms with Gasteiger partial charge in [0, 0.05) is 0 Å². The maximum Gasteiger partial charge on any atom is 0.307 e. The maximum atomic E-state index is 12.8. The van der Waals surface area contributed by atoms with Crippen LogP contribution in [0.1, 0.15) is 24.3 Å². The van der Waals surface area contributed by atoms with Gasteiger partial charge in [0.1, 0.15) is 18.4 Å². The molecule has 1 unspecified atom stereocenters. The minimum atomic E-state index is -0.717. The molecule has 0 spiro atoms. The van der Waals surface area contributed by atoms with Crippen molar-refractivity contribution in [1.29, 1.82) is 0 Å². The van der Waals surface area contributed by atoms with Gasteiger partial charge in [0.05, 0.1) is 16.0 Å². The summed E-state index contributed by atoms with van der Waals surface area (Å²) < 4.78 is 14.0. The largest absolute Gasteiger partial charge is 0.307 e. The first-order chi connectivity index (χ1) is 10.5. The SMILES string of the molecule is CCC(C(=O)N/N=C/c1ccc(F)s1)n1cc([N+](=O)[O-])cn1. The van der Waals surface area contributed by atoms with E-state index in [4.69, 9.17) is 0 Å². The molecule has 0 aliphatic carbocycles. The van der Waals surface area contributed by atoms with E-state index in [2.05, 4.69) is 15.6 Å². The molecule has 22 heavy (non-hydrogen) atoms. The first-order valence-electron chi connectivity index (χ1n) is 6.28. The van der Waals surface area contributed by atoms with Gasteiger partial charge in [0.25, 0.3) is 5.91 Å². The lowest BCUT2D eigenvalue weighted by molar-refractivity contribution is -0.385. The molecule has 0 fully saturated rings. The second-order valence-electron chi connectivity index (χ2n) is 4.24. The third kappa shape index (κ3) is 3.73. The van der Waals surface area contributed by atoms with Crippen molar-refractivity contribution in [3.8, 4) is 0 Å². The molecule has 0 saturated heterocycles. The normalized spacial score (nSPS) is 12.5. The number of hydrogen-bond acceptors (Lipinski definition) is 6. The summed E-state index contributed by atoms with van der Waals surface area (Å²) in [5, 5.41) is 17.8. The van der Waals surface area contributed by atoms with Gasteiger partial charge < -0.3 is 0 Å². The van der Waals surface area contributed by atoms with Crippen LogP contribution in [0.4, 0.5) is 10.1 Å². The third-order valence-corrected chi connectivity index (χ3v) is 3.58. The molecule has 0 saturated carbocycles. The second-order valence-corrected chi connectivity index (χ2v) is 5.30. The van der Waals surface area contributed by atoms with Crippen LogP contribution >= 0.6 is 11.3 Å². The number of thiophene rings is 1. The second kappa shape index (κ2) is 6.89. The van der Waals surface area contributed by atoms with Crippen LogP contribution in [0.5, 0.6) is 0 Å². The Hall–Kier alpha value is -2.62. The Bertz CT molecular complexity index is 711. The zero-order chi connectivity index (χ0) is 16.1. The summed E-state index contributed by atoms with van der Waals surface area (Å²) in [5.41, 5.74) is 2.12. The van der Waals surface area contributed by atoms with Crippen LogP contribution in [0.15, 0.2) is 29.6 Å². The van der Waals surface area contributed by atoms with Crippen molar-refractivity contribution in [2.75, 3.05) is 0 Å². The van der Waals surface area contributed by atoms with E-state index in [9.17, 15) is 19.3 Å². The zero-order valence-corrected chi connectivity index (χ0v) is 12.3. The average molecular weight is 325 g/mol. The molecule has 1 atom stereocenters. The van der Waals surface area contributed by atoms with Gasteiger partial charge in [-0.3, -0.25) is 19.6 Å². The van der Waals surface area contributed by atoms with Crippen LogP contribution in [-0.4, -0.2) is 26.8 Å². The van der Waals surface area contributed by atoms with Crippen LogP contribution < -0.4 is 5.43 Å². The molecular weight excluding hydrogens is 313 g/mol. The Morgan fingerprint density at radius 2 is 2.45 bits per heavy atom. The van der Waals surface area contributed by atoms with Gasteiger partial charge in [-0.05, 0) is 18.6 Å². The van der Waals surface area contributed by atoms with Crippen LogP contribution in [0, 0.1) is 15.2 Å². The fraction of sp³-hybridized carbons (Fsp3) is 0.250. The summed E-state index contributed by atoms with van der Waals surface area (Å²) in [6, 6.07) is 2.11. The fourth-order valence-electron chi connectivity index (χ4n) is 1.72. The van der Waals surface area contributed by atoms with Crippen molar-refractivity contribution in [2.24, 2.45) is 5.10 Å². The lowest BCUT2D eigenvalue weighted by atomic mass is 10.2. The predicted molar refractivity (Wildman–Crippen MR) is 78.2 cm³/mol. The summed E-state index contributed by atoms with van der Waals surface area (Å²) in [4.78, 5) is 22.6. The van der Waals surface area contributed by atoms with E-state index in [-0.39, 0.29) is 10.8 Å². The fourth-order valence-corrected chi connectivity index (χ4v) is 2.32. The summed E-state index contributed by atoms with van der Waals surface area (Å²) in [7, 11) is 0. The van der Waals surface area contributed by atoms with Gasteiger partial charge in [0.15, 0.2) is 5.13 Å². The van der Waals surface area contributed by atoms with Gasteiger partial charge in [-0.25, -0.2) is 5.43 Å². The highest BCUT2D eigenvalue weighted by atomic mass is 32.1. The highest BCUT2D eigenvalue weighted by Crippen LogP contribution is 2.16. The number of rotatable bonds is 6. The number of nitrogens with zero attached hydrogens (tertiary/aromatic N) is 4.